The highest BCUT2D eigenvalue weighted by Gasteiger charge is 2.77. The molecule has 3 fully saturated rings. The van der Waals surface area contributed by atoms with E-state index in [0.29, 0.717) is 27.0 Å². The summed E-state index contributed by atoms with van der Waals surface area (Å²) in [6, 6.07) is 12.6. The molecule has 0 aromatic heterocycles. The lowest BCUT2D eigenvalue weighted by atomic mass is 9.43. The van der Waals surface area contributed by atoms with Crippen LogP contribution in [0.1, 0.15) is 20.8 Å². The van der Waals surface area contributed by atoms with Gasteiger partial charge in [0.2, 0.25) is 23.6 Å². The topological polar surface area (TPSA) is 101 Å². The Hall–Kier alpha value is -3.49. The Balaban J connectivity index is 1.54. The minimum Gasteiger partial charge on any atom is -0.463 e. The Bertz CT molecular complexity index is 1410. The van der Waals surface area contributed by atoms with E-state index in [4.69, 9.17) is 27.9 Å². The van der Waals surface area contributed by atoms with Gasteiger partial charge in [-0.1, -0.05) is 35.7 Å². The number of amides is 4. The van der Waals surface area contributed by atoms with Crippen molar-refractivity contribution in [3.8, 4) is 0 Å². The predicted molar refractivity (Wildman–Crippen MR) is 143 cm³/mol. The van der Waals surface area contributed by atoms with Crippen molar-refractivity contribution in [2.45, 2.75) is 20.8 Å². The molecule has 1 saturated carbocycles. The Kier molecular flexibility index (Phi) is 5.79. The maximum Gasteiger partial charge on any atom is 0.334 e. The highest BCUT2D eigenvalue weighted by molar-refractivity contribution is 6.31. The van der Waals surface area contributed by atoms with Gasteiger partial charge in [0.1, 0.15) is 0 Å². The number of hydrogen-bond donors (Lipinski definition) is 0. The average molecular weight is 567 g/mol. The quantitative estimate of drug-likeness (QED) is 0.400. The Morgan fingerprint density at radius 3 is 1.56 bits per heavy atom. The average Bonchev–Trinajstić information content (AvgIpc) is 3.32. The molecule has 2 aliphatic heterocycles. The monoisotopic (exact) mass is 566 g/mol. The summed E-state index contributed by atoms with van der Waals surface area (Å²) < 4.78 is 5.39. The molecule has 4 amide bonds. The van der Waals surface area contributed by atoms with Gasteiger partial charge in [-0.3, -0.25) is 29.0 Å². The SMILES string of the molecule is CCOC(=O)C1=C(C)C2C3C(=O)N(c4ccc(Cl)cc4)C(=O)C3C1(C)C1C(=O)N(c3ccc(Cl)cc3)C(=O)C21. The van der Waals surface area contributed by atoms with Gasteiger partial charge < -0.3 is 4.74 Å². The molecule has 2 aromatic carbocycles. The fourth-order valence-electron chi connectivity index (χ4n) is 7.50. The van der Waals surface area contributed by atoms with E-state index in [1.54, 1.807) is 69.3 Å². The predicted octanol–water partition coefficient (Wildman–Crippen LogP) is 4.43. The summed E-state index contributed by atoms with van der Waals surface area (Å²) in [5.74, 6) is -7.33. The number of anilines is 2. The van der Waals surface area contributed by atoms with Gasteiger partial charge in [0.05, 0.1) is 41.7 Å². The van der Waals surface area contributed by atoms with E-state index >= 15 is 0 Å². The van der Waals surface area contributed by atoms with Gasteiger partial charge in [-0.15, -0.1) is 0 Å². The molecule has 2 saturated heterocycles. The normalized spacial score (nSPS) is 31.3. The van der Waals surface area contributed by atoms with Gasteiger partial charge in [0.15, 0.2) is 0 Å². The van der Waals surface area contributed by atoms with Crippen molar-refractivity contribution in [1.29, 1.82) is 0 Å². The molecule has 3 aliphatic carbocycles. The summed E-state index contributed by atoms with van der Waals surface area (Å²) in [5, 5.41) is 0.884. The van der Waals surface area contributed by atoms with E-state index in [1.165, 1.54) is 0 Å². The molecule has 5 aliphatic rings. The molecule has 7 rings (SSSR count). The van der Waals surface area contributed by atoms with Gasteiger partial charge in [-0.25, -0.2) is 4.79 Å². The van der Waals surface area contributed by atoms with Crippen LogP contribution in [-0.2, 0) is 28.7 Å². The first-order valence-electron chi connectivity index (χ1n) is 12.7. The van der Waals surface area contributed by atoms with Crippen LogP contribution in [0, 0.1) is 35.0 Å². The molecule has 39 heavy (non-hydrogen) atoms. The summed E-state index contributed by atoms with van der Waals surface area (Å²) in [6.07, 6.45) is 0. The van der Waals surface area contributed by atoms with Crippen molar-refractivity contribution in [2.24, 2.45) is 35.0 Å². The van der Waals surface area contributed by atoms with Gasteiger partial charge in [0, 0.05) is 27.0 Å². The van der Waals surface area contributed by atoms with Crippen LogP contribution in [-0.4, -0.2) is 36.2 Å². The Morgan fingerprint density at radius 1 is 0.769 bits per heavy atom. The van der Waals surface area contributed by atoms with Crippen LogP contribution in [0.15, 0.2) is 59.7 Å². The van der Waals surface area contributed by atoms with Gasteiger partial charge in [-0.2, -0.15) is 0 Å². The van der Waals surface area contributed by atoms with Gasteiger partial charge in [-0.05, 0) is 62.4 Å². The molecule has 4 unspecified atom stereocenters. The summed E-state index contributed by atoms with van der Waals surface area (Å²) in [7, 11) is 0. The van der Waals surface area contributed by atoms with Crippen LogP contribution in [0.5, 0.6) is 0 Å². The molecule has 4 atom stereocenters. The summed E-state index contributed by atoms with van der Waals surface area (Å²) in [4.78, 5) is 71.8. The molecule has 2 heterocycles. The molecule has 2 bridgehead atoms. The lowest BCUT2D eigenvalue weighted by Gasteiger charge is -2.55. The fourth-order valence-corrected chi connectivity index (χ4v) is 7.75. The van der Waals surface area contributed by atoms with Crippen LogP contribution in [0.4, 0.5) is 11.4 Å². The number of ether oxygens (including phenoxy) is 1. The first-order valence-corrected chi connectivity index (χ1v) is 13.4. The van der Waals surface area contributed by atoms with Crippen LogP contribution >= 0.6 is 23.2 Å². The third-order valence-corrected chi connectivity index (χ3v) is 9.35. The molecule has 0 spiro atoms. The van der Waals surface area contributed by atoms with E-state index in [1.807, 2.05) is 0 Å². The minimum atomic E-state index is -1.46. The number of esters is 1. The largest absolute Gasteiger partial charge is 0.463 e. The van der Waals surface area contributed by atoms with Crippen molar-refractivity contribution in [3.63, 3.8) is 0 Å². The first-order chi connectivity index (χ1) is 18.5. The fraction of sp³-hybridized carbons (Fsp3) is 0.345. The van der Waals surface area contributed by atoms with Gasteiger partial charge in [0.25, 0.3) is 0 Å². The van der Waals surface area contributed by atoms with Crippen molar-refractivity contribution >= 4 is 64.2 Å². The molecule has 200 valence electrons. The summed E-state index contributed by atoms with van der Waals surface area (Å²) >= 11 is 12.1. The number of hydrogen-bond acceptors (Lipinski definition) is 6. The lowest BCUT2D eigenvalue weighted by molar-refractivity contribution is -0.155. The third kappa shape index (κ3) is 3.28. The highest BCUT2D eigenvalue weighted by Crippen LogP contribution is 2.68. The Labute approximate surface area is 234 Å². The molecular formula is C29H24Cl2N2O6. The second-order valence-corrected chi connectivity index (χ2v) is 11.4. The smallest absolute Gasteiger partial charge is 0.334 e. The van der Waals surface area contributed by atoms with Crippen molar-refractivity contribution in [3.05, 3.63) is 69.7 Å². The second-order valence-electron chi connectivity index (χ2n) is 10.6. The van der Waals surface area contributed by atoms with Gasteiger partial charge >= 0.3 is 5.97 Å². The van der Waals surface area contributed by atoms with Crippen LogP contribution in [0.3, 0.4) is 0 Å². The van der Waals surface area contributed by atoms with Crippen molar-refractivity contribution in [2.75, 3.05) is 16.4 Å². The maximum absolute atomic E-state index is 14.1. The molecule has 8 nitrogen and oxygen atoms in total. The molecule has 0 radical (unpaired) electrons. The minimum absolute atomic E-state index is 0.0894. The standard InChI is InChI=1S/C29H24Cl2N2O6/c1-4-39-28(38)21-13(2)18-19-22(26(36)32(24(19)34)16-9-5-14(30)6-10-16)29(21,3)23-20(18)25(35)33(27(23)37)17-11-7-15(31)8-12-17/h5-12,18-20,22-23H,4H2,1-3H3. The number of rotatable bonds is 4. The highest BCUT2D eigenvalue weighted by atomic mass is 35.5. The number of imide groups is 2. The Morgan fingerprint density at radius 2 is 1.18 bits per heavy atom. The molecule has 0 N–H and O–H groups in total. The number of benzene rings is 2. The first kappa shape index (κ1) is 25.8. The number of halogens is 2. The number of allylic oxidation sites excluding steroid dienone is 1. The number of carbonyl (C=O) groups is 5. The number of carbonyl (C=O) groups excluding carboxylic acids is 5. The molecular weight excluding hydrogens is 543 g/mol. The third-order valence-electron chi connectivity index (χ3n) is 8.85. The van der Waals surface area contributed by atoms with E-state index in [-0.39, 0.29) is 12.2 Å². The van der Waals surface area contributed by atoms with Crippen molar-refractivity contribution < 1.29 is 28.7 Å². The van der Waals surface area contributed by atoms with E-state index in [9.17, 15) is 24.0 Å². The molecule has 2 aromatic rings. The maximum atomic E-state index is 14.1. The zero-order valence-electron chi connectivity index (χ0n) is 21.3. The van der Waals surface area contributed by atoms with Crippen LogP contribution < -0.4 is 9.80 Å². The zero-order valence-corrected chi connectivity index (χ0v) is 22.8. The van der Waals surface area contributed by atoms with E-state index in [2.05, 4.69) is 0 Å². The summed E-state index contributed by atoms with van der Waals surface area (Å²) in [5.41, 5.74) is -0.0605. The zero-order chi connectivity index (χ0) is 28.0. The number of nitrogens with zero attached hydrogens (tertiary/aromatic N) is 2. The summed E-state index contributed by atoms with van der Waals surface area (Å²) in [6.45, 7) is 5.11. The van der Waals surface area contributed by atoms with E-state index in [0.717, 1.165) is 9.80 Å². The second kappa shape index (κ2) is 8.76. The van der Waals surface area contributed by atoms with Crippen LogP contribution in [0.25, 0.3) is 0 Å². The van der Waals surface area contributed by atoms with Crippen molar-refractivity contribution in [1.82, 2.24) is 0 Å². The van der Waals surface area contributed by atoms with E-state index < -0.39 is 64.6 Å². The molecule has 10 heteroatoms. The van der Waals surface area contributed by atoms with Crippen LogP contribution in [0.2, 0.25) is 10.0 Å². The lowest BCUT2D eigenvalue weighted by Crippen LogP contribution is -2.61.